The molecule has 3 rings (SSSR count). The van der Waals surface area contributed by atoms with Crippen molar-refractivity contribution in [2.75, 3.05) is 20.3 Å². The third-order valence-corrected chi connectivity index (χ3v) is 4.09. The number of aliphatic hydroxyl groups excluding tert-OH is 1. The van der Waals surface area contributed by atoms with Crippen molar-refractivity contribution in [1.82, 2.24) is 0 Å². The Morgan fingerprint density at radius 2 is 1.36 bits per heavy atom. The Morgan fingerprint density at radius 3 is 1.92 bits per heavy atom. The summed E-state index contributed by atoms with van der Waals surface area (Å²) >= 11 is 0. The van der Waals surface area contributed by atoms with Gasteiger partial charge in [0.15, 0.2) is 0 Å². The van der Waals surface area contributed by atoms with Gasteiger partial charge in [0, 0.05) is 5.56 Å². The number of ether oxygens (including phenoxy) is 2. The Kier molecular flexibility index (Phi) is 5.83. The van der Waals surface area contributed by atoms with E-state index in [1.54, 1.807) is 7.11 Å². The second kappa shape index (κ2) is 8.47. The van der Waals surface area contributed by atoms with Crippen LogP contribution < -0.4 is 4.74 Å². The van der Waals surface area contributed by atoms with Crippen molar-refractivity contribution in [3.05, 3.63) is 78.4 Å². The first-order valence-corrected chi connectivity index (χ1v) is 8.34. The highest BCUT2D eigenvalue weighted by Crippen LogP contribution is 2.41. The predicted molar refractivity (Wildman–Crippen MR) is 101 cm³/mol. The maximum atomic E-state index is 9.00. The first-order chi connectivity index (χ1) is 12.3. The number of benzene rings is 3. The molecule has 3 aromatic carbocycles. The molecular weight excluding hydrogens is 312 g/mol. The molecule has 3 aromatic rings. The largest absolute Gasteiger partial charge is 0.496 e. The summed E-state index contributed by atoms with van der Waals surface area (Å²) in [4.78, 5) is 0. The Hall–Kier alpha value is -2.62. The molecule has 0 saturated heterocycles. The molecule has 0 aliphatic carbocycles. The van der Waals surface area contributed by atoms with Gasteiger partial charge in [0.25, 0.3) is 0 Å². The van der Waals surface area contributed by atoms with Crippen LogP contribution in [-0.4, -0.2) is 25.4 Å². The van der Waals surface area contributed by atoms with Crippen LogP contribution in [0.2, 0.25) is 0 Å². The van der Waals surface area contributed by atoms with E-state index in [0.717, 1.165) is 33.6 Å². The Bertz CT molecular complexity index is 798. The lowest BCUT2D eigenvalue weighted by Crippen LogP contribution is -2.02. The summed E-state index contributed by atoms with van der Waals surface area (Å²) in [5, 5.41) is 9.00. The first kappa shape index (κ1) is 17.2. The standard InChI is InChI=1S/C22H22O3/c1-24-20-13-12-19(16-25-15-14-23)21(17-8-4-2-5-9-17)22(20)18-10-6-3-7-11-18/h2-13,23H,14-16H2,1H3. The lowest BCUT2D eigenvalue weighted by atomic mass is 9.90. The van der Waals surface area contributed by atoms with Gasteiger partial charge < -0.3 is 14.6 Å². The van der Waals surface area contributed by atoms with Gasteiger partial charge in [0.1, 0.15) is 5.75 Å². The Morgan fingerprint density at radius 1 is 0.760 bits per heavy atom. The van der Waals surface area contributed by atoms with Crippen LogP contribution in [0.15, 0.2) is 72.8 Å². The molecule has 0 aliphatic rings. The maximum absolute atomic E-state index is 9.00. The third kappa shape index (κ3) is 3.90. The molecule has 0 aliphatic heterocycles. The van der Waals surface area contributed by atoms with E-state index < -0.39 is 0 Å². The van der Waals surface area contributed by atoms with Crippen molar-refractivity contribution >= 4 is 0 Å². The normalized spacial score (nSPS) is 10.6. The highest BCUT2D eigenvalue weighted by Gasteiger charge is 2.17. The molecule has 3 heteroatoms. The van der Waals surface area contributed by atoms with E-state index in [-0.39, 0.29) is 6.61 Å². The zero-order valence-electron chi connectivity index (χ0n) is 14.3. The van der Waals surface area contributed by atoms with Crippen molar-refractivity contribution in [3.63, 3.8) is 0 Å². The van der Waals surface area contributed by atoms with Crippen molar-refractivity contribution < 1.29 is 14.6 Å². The average molecular weight is 334 g/mol. The SMILES string of the molecule is COc1ccc(COCCO)c(-c2ccccc2)c1-c1ccccc1. The summed E-state index contributed by atoms with van der Waals surface area (Å²) < 4.78 is 11.3. The highest BCUT2D eigenvalue weighted by molar-refractivity contribution is 5.89. The zero-order chi connectivity index (χ0) is 17.5. The second-order valence-corrected chi connectivity index (χ2v) is 5.69. The third-order valence-electron chi connectivity index (χ3n) is 4.09. The minimum Gasteiger partial charge on any atom is -0.496 e. The van der Waals surface area contributed by atoms with Gasteiger partial charge in [-0.15, -0.1) is 0 Å². The van der Waals surface area contributed by atoms with Crippen LogP contribution in [0.1, 0.15) is 5.56 Å². The Balaban J connectivity index is 2.21. The number of hydrogen-bond donors (Lipinski definition) is 1. The molecule has 3 nitrogen and oxygen atoms in total. The fourth-order valence-corrected chi connectivity index (χ4v) is 2.99. The summed E-state index contributed by atoms with van der Waals surface area (Å²) in [5.41, 5.74) is 5.44. The van der Waals surface area contributed by atoms with E-state index in [0.29, 0.717) is 13.2 Å². The van der Waals surface area contributed by atoms with Gasteiger partial charge in [-0.1, -0.05) is 66.7 Å². The highest BCUT2D eigenvalue weighted by atomic mass is 16.5. The van der Waals surface area contributed by atoms with Crippen molar-refractivity contribution in [2.24, 2.45) is 0 Å². The summed E-state index contributed by atoms with van der Waals surface area (Å²) in [6.45, 7) is 0.776. The van der Waals surface area contributed by atoms with E-state index in [2.05, 4.69) is 24.3 Å². The topological polar surface area (TPSA) is 38.7 Å². The fourth-order valence-electron chi connectivity index (χ4n) is 2.99. The van der Waals surface area contributed by atoms with Crippen LogP contribution in [0, 0.1) is 0 Å². The van der Waals surface area contributed by atoms with Gasteiger partial charge in [-0.2, -0.15) is 0 Å². The molecule has 0 aromatic heterocycles. The average Bonchev–Trinajstić information content (AvgIpc) is 2.69. The zero-order valence-corrected chi connectivity index (χ0v) is 14.3. The predicted octanol–water partition coefficient (Wildman–Crippen LogP) is 4.54. The van der Waals surface area contributed by atoms with E-state index in [1.165, 1.54) is 0 Å². The summed E-state index contributed by atoms with van der Waals surface area (Å²) in [6, 6.07) is 24.5. The van der Waals surface area contributed by atoms with E-state index in [1.807, 2.05) is 48.5 Å². The maximum Gasteiger partial charge on any atom is 0.127 e. The van der Waals surface area contributed by atoms with Crippen LogP contribution in [0.25, 0.3) is 22.3 Å². The molecular formula is C22H22O3. The van der Waals surface area contributed by atoms with Crippen molar-refractivity contribution in [2.45, 2.75) is 6.61 Å². The second-order valence-electron chi connectivity index (χ2n) is 5.69. The molecule has 128 valence electrons. The molecule has 0 radical (unpaired) electrons. The summed E-state index contributed by atoms with van der Waals surface area (Å²) in [5.74, 6) is 0.830. The molecule has 0 fully saturated rings. The van der Waals surface area contributed by atoms with Crippen molar-refractivity contribution in [3.8, 4) is 28.0 Å². The minimum atomic E-state index is 0.0162. The van der Waals surface area contributed by atoms with E-state index in [4.69, 9.17) is 14.6 Å². The van der Waals surface area contributed by atoms with Crippen molar-refractivity contribution in [1.29, 1.82) is 0 Å². The Labute approximate surface area is 148 Å². The van der Waals surface area contributed by atoms with Gasteiger partial charge in [-0.05, 0) is 28.3 Å². The molecule has 25 heavy (non-hydrogen) atoms. The van der Waals surface area contributed by atoms with E-state index >= 15 is 0 Å². The van der Waals surface area contributed by atoms with Crippen LogP contribution in [0.5, 0.6) is 5.75 Å². The van der Waals surface area contributed by atoms with Gasteiger partial charge in [0.05, 0.1) is 26.9 Å². The monoisotopic (exact) mass is 334 g/mol. The molecule has 1 N–H and O–H groups in total. The lowest BCUT2D eigenvalue weighted by Gasteiger charge is -2.19. The minimum absolute atomic E-state index is 0.0162. The van der Waals surface area contributed by atoms with Gasteiger partial charge in [0.2, 0.25) is 0 Å². The molecule has 0 atom stereocenters. The number of aliphatic hydroxyl groups is 1. The number of hydrogen-bond acceptors (Lipinski definition) is 3. The van der Waals surface area contributed by atoms with E-state index in [9.17, 15) is 0 Å². The number of methoxy groups -OCH3 is 1. The lowest BCUT2D eigenvalue weighted by molar-refractivity contribution is 0.0818. The quantitative estimate of drug-likeness (QED) is 0.645. The van der Waals surface area contributed by atoms with Gasteiger partial charge in [-0.25, -0.2) is 0 Å². The molecule has 0 bridgehead atoms. The fraction of sp³-hybridized carbons (Fsp3) is 0.182. The molecule has 0 saturated carbocycles. The van der Waals surface area contributed by atoms with Crippen LogP contribution in [-0.2, 0) is 11.3 Å². The number of rotatable bonds is 7. The van der Waals surface area contributed by atoms with Crippen LogP contribution in [0.3, 0.4) is 0 Å². The smallest absolute Gasteiger partial charge is 0.127 e. The van der Waals surface area contributed by atoms with Crippen LogP contribution >= 0.6 is 0 Å². The molecule has 0 spiro atoms. The molecule has 0 unspecified atom stereocenters. The first-order valence-electron chi connectivity index (χ1n) is 8.34. The molecule has 0 heterocycles. The molecule has 0 amide bonds. The summed E-state index contributed by atoms with van der Waals surface area (Å²) in [7, 11) is 1.69. The van der Waals surface area contributed by atoms with Crippen LogP contribution in [0.4, 0.5) is 0 Å². The van der Waals surface area contributed by atoms with Gasteiger partial charge in [-0.3, -0.25) is 0 Å². The van der Waals surface area contributed by atoms with Gasteiger partial charge >= 0.3 is 0 Å². The summed E-state index contributed by atoms with van der Waals surface area (Å²) in [6.07, 6.45) is 0.